The molecule has 3 rings (SSSR count). The first-order chi connectivity index (χ1) is 10.6. The van der Waals surface area contributed by atoms with Gasteiger partial charge in [0.15, 0.2) is 0 Å². The molecule has 0 fully saturated rings. The number of aliphatic hydroxyl groups excluding tert-OH is 1. The van der Waals surface area contributed by atoms with Crippen LogP contribution in [0.3, 0.4) is 0 Å². The number of aromatic nitrogens is 1. The summed E-state index contributed by atoms with van der Waals surface area (Å²) in [6, 6.07) is 15.5. The maximum absolute atomic E-state index is 10.3. The molecule has 0 radical (unpaired) electrons. The van der Waals surface area contributed by atoms with E-state index in [1.54, 1.807) is 23.5 Å². The minimum absolute atomic E-state index is 0.531. The Hall–Kier alpha value is -1.46. The summed E-state index contributed by atoms with van der Waals surface area (Å²) in [4.78, 5) is 6.70. The topological polar surface area (TPSA) is 36.4 Å². The number of aliphatic hydroxyl groups is 1. The van der Waals surface area contributed by atoms with E-state index in [9.17, 15) is 5.11 Å². The second kappa shape index (κ2) is 6.75. The molecule has 1 heterocycles. The third-order valence-electron chi connectivity index (χ3n) is 3.48. The number of hydrogen-bond donors (Lipinski definition) is 1. The van der Waals surface area contributed by atoms with Crippen molar-refractivity contribution in [1.29, 1.82) is 0 Å². The number of thiazole rings is 1. The van der Waals surface area contributed by atoms with Gasteiger partial charge in [-0.15, -0.1) is 11.3 Å². The van der Waals surface area contributed by atoms with E-state index in [4.69, 9.17) is 11.6 Å². The highest BCUT2D eigenvalue weighted by molar-refractivity contribution is 7.18. The lowest BCUT2D eigenvalue weighted by Crippen LogP contribution is -2.24. The third kappa shape index (κ3) is 3.65. The molecule has 0 aliphatic rings. The van der Waals surface area contributed by atoms with Crippen LogP contribution < -0.4 is 0 Å². The smallest absolute Gasteiger partial charge is 0.108 e. The van der Waals surface area contributed by atoms with Gasteiger partial charge >= 0.3 is 0 Å². The van der Waals surface area contributed by atoms with Gasteiger partial charge in [-0.3, -0.25) is 4.90 Å². The molecule has 0 saturated heterocycles. The molecule has 0 amide bonds. The first-order valence-corrected chi connectivity index (χ1v) is 8.28. The Balaban J connectivity index is 1.64. The van der Waals surface area contributed by atoms with Gasteiger partial charge in [0.2, 0.25) is 0 Å². The van der Waals surface area contributed by atoms with Crippen molar-refractivity contribution in [3.63, 3.8) is 0 Å². The quantitative estimate of drug-likeness (QED) is 0.763. The van der Waals surface area contributed by atoms with Crippen LogP contribution >= 0.6 is 22.9 Å². The van der Waals surface area contributed by atoms with E-state index in [-0.39, 0.29) is 0 Å². The van der Waals surface area contributed by atoms with Crippen LogP contribution in [0.15, 0.2) is 48.5 Å². The van der Waals surface area contributed by atoms with Crippen molar-refractivity contribution >= 4 is 33.2 Å². The monoisotopic (exact) mass is 332 g/mol. The molecule has 3 aromatic rings. The van der Waals surface area contributed by atoms with Crippen LogP contribution in [0.5, 0.6) is 0 Å². The summed E-state index contributed by atoms with van der Waals surface area (Å²) in [7, 11) is 1.99. The summed E-state index contributed by atoms with van der Waals surface area (Å²) < 4.78 is 1.20. The molecule has 0 saturated carbocycles. The number of benzene rings is 2. The van der Waals surface area contributed by atoms with Crippen molar-refractivity contribution < 1.29 is 5.11 Å². The summed E-state index contributed by atoms with van der Waals surface area (Å²) in [6.45, 7) is 1.28. The average molecular weight is 333 g/mol. The Morgan fingerprint density at radius 1 is 1.18 bits per heavy atom. The molecule has 1 atom stereocenters. The summed E-state index contributed by atoms with van der Waals surface area (Å²) in [5.74, 6) is 0. The summed E-state index contributed by atoms with van der Waals surface area (Å²) in [5.41, 5.74) is 1.91. The molecule has 0 bridgehead atoms. The van der Waals surface area contributed by atoms with Gasteiger partial charge in [-0.2, -0.15) is 0 Å². The zero-order chi connectivity index (χ0) is 15.5. The Kier molecular flexibility index (Phi) is 4.74. The molecule has 3 nitrogen and oxygen atoms in total. The van der Waals surface area contributed by atoms with Crippen LogP contribution in [-0.4, -0.2) is 28.6 Å². The fourth-order valence-corrected chi connectivity index (χ4v) is 3.54. The van der Waals surface area contributed by atoms with Crippen molar-refractivity contribution in [2.75, 3.05) is 13.6 Å². The first kappa shape index (κ1) is 15.4. The minimum Gasteiger partial charge on any atom is -0.387 e. The SMILES string of the molecule is CN(Cc1nc2ccccc2s1)CC(O)c1ccc(Cl)cc1. The highest BCUT2D eigenvalue weighted by Gasteiger charge is 2.12. The van der Waals surface area contributed by atoms with E-state index in [0.29, 0.717) is 11.6 Å². The van der Waals surface area contributed by atoms with Crippen LogP contribution in [0, 0.1) is 0 Å². The third-order valence-corrected chi connectivity index (χ3v) is 4.76. The van der Waals surface area contributed by atoms with Gasteiger partial charge < -0.3 is 5.11 Å². The number of para-hydroxylation sites is 1. The second-order valence-corrected chi connectivity index (χ2v) is 6.89. The largest absolute Gasteiger partial charge is 0.387 e. The molecule has 1 unspecified atom stereocenters. The average Bonchev–Trinajstić information content (AvgIpc) is 2.89. The molecule has 1 N–H and O–H groups in total. The van der Waals surface area contributed by atoms with Gasteiger partial charge in [-0.25, -0.2) is 4.98 Å². The molecular formula is C17H17ClN2OS. The highest BCUT2D eigenvalue weighted by Crippen LogP contribution is 2.23. The molecule has 0 aliphatic carbocycles. The number of hydrogen-bond acceptors (Lipinski definition) is 4. The lowest BCUT2D eigenvalue weighted by Gasteiger charge is -2.19. The fraction of sp³-hybridized carbons (Fsp3) is 0.235. The van der Waals surface area contributed by atoms with Gasteiger partial charge in [0.05, 0.1) is 22.9 Å². The predicted molar refractivity (Wildman–Crippen MR) is 92.4 cm³/mol. The van der Waals surface area contributed by atoms with E-state index in [1.807, 2.05) is 37.4 Å². The fourth-order valence-electron chi connectivity index (χ4n) is 2.37. The van der Waals surface area contributed by atoms with Gasteiger partial charge in [0, 0.05) is 11.6 Å². The van der Waals surface area contributed by atoms with Gasteiger partial charge in [-0.05, 0) is 36.9 Å². The van der Waals surface area contributed by atoms with E-state index in [2.05, 4.69) is 16.0 Å². The normalized spacial score (nSPS) is 12.9. The van der Waals surface area contributed by atoms with Crippen molar-refractivity contribution in [2.45, 2.75) is 12.6 Å². The number of fused-ring (bicyclic) bond motifs is 1. The van der Waals surface area contributed by atoms with Crippen LogP contribution in [-0.2, 0) is 6.54 Å². The van der Waals surface area contributed by atoms with Crippen LogP contribution in [0.1, 0.15) is 16.7 Å². The van der Waals surface area contributed by atoms with E-state index < -0.39 is 6.10 Å². The van der Waals surface area contributed by atoms with E-state index >= 15 is 0 Å². The molecular weight excluding hydrogens is 316 g/mol. The Bertz CT molecular complexity index is 724. The molecule has 0 aliphatic heterocycles. The zero-order valence-corrected chi connectivity index (χ0v) is 13.8. The number of likely N-dealkylation sites (N-methyl/N-ethyl adjacent to an activating group) is 1. The number of nitrogens with zero attached hydrogens (tertiary/aromatic N) is 2. The van der Waals surface area contributed by atoms with E-state index in [1.165, 1.54) is 4.70 Å². The molecule has 114 valence electrons. The molecule has 22 heavy (non-hydrogen) atoms. The van der Waals surface area contributed by atoms with Crippen LogP contribution in [0.2, 0.25) is 5.02 Å². The standard InChI is InChI=1S/C17H17ClN2OS/c1-20(10-15(21)12-6-8-13(18)9-7-12)11-17-19-14-4-2-3-5-16(14)22-17/h2-9,15,21H,10-11H2,1H3. The summed E-state index contributed by atoms with van der Waals surface area (Å²) >= 11 is 7.57. The van der Waals surface area contributed by atoms with Crippen molar-refractivity contribution in [1.82, 2.24) is 9.88 Å². The maximum atomic E-state index is 10.3. The van der Waals surface area contributed by atoms with Gasteiger partial charge in [0.1, 0.15) is 5.01 Å². The van der Waals surface area contributed by atoms with Gasteiger partial charge in [0.25, 0.3) is 0 Å². The van der Waals surface area contributed by atoms with Crippen molar-refractivity contribution in [3.05, 3.63) is 64.1 Å². The van der Waals surface area contributed by atoms with Crippen LogP contribution in [0.25, 0.3) is 10.2 Å². The van der Waals surface area contributed by atoms with Crippen LogP contribution in [0.4, 0.5) is 0 Å². The lowest BCUT2D eigenvalue weighted by molar-refractivity contribution is 0.124. The zero-order valence-electron chi connectivity index (χ0n) is 12.2. The molecule has 5 heteroatoms. The summed E-state index contributed by atoms with van der Waals surface area (Å²) in [5, 5.41) is 12.0. The van der Waals surface area contributed by atoms with E-state index in [0.717, 1.165) is 22.6 Å². The minimum atomic E-state index is -0.531. The van der Waals surface area contributed by atoms with Crippen molar-refractivity contribution in [2.24, 2.45) is 0 Å². The molecule has 1 aromatic heterocycles. The molecule has 2 aromatic carbocycles. The predicted octanol–water partition coefficient (Wildman–Crippen LogP) is 4.12. The molecule has 0 spiro atoms. The summed E-state index contributed by atoms with van der Waals surface area (Å²) in [6.07, 6.45) is -0.531. The Labute approximate surface area is 138 Å². The number of halogens is 1. The maximum Gasteiger partial charge on any atom is 0.108 e. The Morgan fingerprint density at radius 3 is 2.64 bits per heavy atom. The second-order valence-electron chi connectivity index (χ2n) is 5.34. The lowest BCUT2D eigenvalue weighted by atomic mass is 10.1. The number of rotatable bonds is 5. The first-order valence-electron chi connectivity index (χ1n) is 7.08. The van der Waals surface area contributed by atoms with Crippen molar-refractivity contribution in [3.8, 4) is 0 Å². The Morgan fingerprint density at radius 2 is 1.91 bits per heavy atom. The highest BCUT2D eigenvalue weighted by atomic mass is 35.5. The van der Waals surface area contributed by atoms with Gasteiger partial charge in [-0.1, -0.05) is 35.9 Å².